The number of piperazine rings is 1. The van der Waals surface area contributed by atoms with Crippen molar-refractivity contribution < 1.29 is 14.3 Å². The van der Waals surface area contributed by atoms with E-state index in [1.54, 1.807) is 6.08 Å². The van der Waals surface area contributed by atoms with Crippen LogP contribution in [0.1, 0.15) is 17.5 Å². The fourth-order valence-electron chi connectivity index (χ4n) is 5.67. The lowest BCUT2D eigenvalue weighted by Crippen LogP contribution is -2.54. The van der Waals surface area contributed by atoms with Gasteiger partial charge in [0.25, 0.3) is 5.91 Å². The molecule has 3 heterocycles. The molecule has 1 unspecified atom stereocenters. The van der Waals surface area contributed by atoms with Crippen LogP contribution in [0, 0.1) is 0 Å². The number of anilines is 2. The topological polar surface area (TPSA) is 45.3 Å². The highest BCUT2D eigenvalue weighted by Gasteiger charge is 2.32. The number of carbonyl (C=O) groups excluding carboxylic acids is 1. The van der Waals surface area contributed by atoms with Crippen molar-refractivity contribution in [2.45, 2.75) is 18.9 Å². The van der Waals surface area contributed by atoms with Gasteiger partial charge in [-0.15, -0.1) is 0 Å². The monoisotopic (exact) mass is 495 g/mol. The van der Waals surface area contributed by atoms with E-state index in [-0.39, 0.29) is 11.9 Å². The maximum absolute atomic E-state index is 13.5. The molecule has 6 heteroatoms. The Balaban J connectivity index is 1.16. The van der Waals surface area contributed by atoms with E-state index in [4.69, 9.17) is 9.47 Å². The first-order valence-electron chi connectivity index (χ1n) is 13.3. The number of ether oxygens (including phenoxy) is 2. The largest absolute Gasteiger partial charge is 0.486 e. The predicted molar refractivity (Wildman–Crippen MR) is 148 cm³/mol. The molecule has 0 aromatic heterocycles. The number of hydrogen-bond donors (Lipinski definition) is 0. The Bertz CT molecular complexity index is 1270. The number of para-hydroxylation sites is 2. The SMILES string of the molecule is O=C(/C=C/c1ccccc1)N1c2ccccc2CCC1CN1CCN(c2cccc3c2OCCO3)CC1. The Morgan fingerprint density at radius 2 is 1.59 bits per heavy atom. The normalized spacial score (nSPS) is 19.6. The summed E-state index contributed by atoms with van der Waals surface area (Å²) >= 11 is 0. The first-order chi connectivity index (χ1) is 18.3. The third-order valence-electron chi connectivity index (χ3n) is 7.55. The predicted octanol–water partition coefficient (Wildman–Crippen LogP) is 4.64. The molecule has 0 radical (unpaired) electrons. The molecule has 3 aromatic rings. The highest BCUT2D eigenvalue weighted by molar-refractivity contribution is 6.05. The fourth-order valence-corrected chi connectivity index (χ4v) is 5.67. The number of amides is 1. The van der Waals surface area contributed by atoms with Crippen LogP contribution in [0.5, 0.6) is 11.5 Å². The minimum Gasteiger partial charge on any atom is -0.486 e. The van der Waals surface area contributed by atoms with E-state index in [1.165, 1.54) is 5.56 Å². The Kier molecular flexibility index (Phi) is 6.82. The number of aryl methyl sites for hydroxylation is 1. The van der Waals surface area contributed by atoms with Gasteiger partial charge in [0.1, 0.15) is 13.2 Å². The summed E-state index contributed by atoms with van der Waals surface area (Å²) < 4.78 is 11.7. The first kappa shape index (κ1) is 23.6. The molecule has 6 rings (SSSR count). The van der Waals surface area contributed by atoms with Crippen LogP contribution in [0.25, 0.3) is 6.08 Å². The summed E-state index contributed by atoms with van der Waals surface area (Å²) in [4.78, 5) is 20.5. The number of carbonyl (C=O) groups is 1. The number of fused-ring (bicyclic) bond motifs is 2. The molecule has 0 N–H and O–H groups in total. The molecule has 0 aliphatic carbocycles. The van der Waals surface area contributed by atoms with Gasteiger partial charge in [0.2, 0.25) is 0 Å². The van der Waals surface area contributed by atoms with Crippen molar-refractivity contribution in [1.82, 2.24) is 4.90 Å². The van der Waals surface area contributed by atoms with E-state index in [2.05, 4.69) is 34.1 Å². The summed E-state index contributed by atoms with van der Waals surface area (Å²) in [5.41, 5.74) is 4.45. The van der Waals surface area contributed by atoms with Crippen molar-refractivity contribution in [2.75, 3.05) is 55.7 Å². The zero-order valence-corrected chi connectivity index (χ0v) is 21.1. The maximum atomic E-state index is 13.5. The molecule has 1 saturated heterocycles. The van der Waals surface area contributed by atoms with Gasteiger partial charge in [-0.3, -0.25) is 9.69 Å². The molecule has 190 valence electrons. The molecule has 0 bridgehead atoms. The van der Waals surface area contributed by atoms with E-state index in [0.29, 0.717) is 13.2 Å². The summed E-state index contributed by atoms with van der Waals surface area (Å²) in [6.07, 6.45) is 5.62. The molecule has 3 aromatic carbocycles. The lowest BCUT2D eigenvalue weighted by atomic mass is 9.95. The van der Waals surface area contributed by atoms with Gasteiger partial charge in [0.05, 0.1) is 11.7 Å². The molecule has 3 aliphatic rings. The smallest absolute Gasteiger partial charge is 0.251 e. The van der Waals surface area contributed by atoms with Crippen molar-refractivity contribution in [1.29, 1.82) is 0 Å². The summed E-state index contributed by atoms with van der Waals surface area (Å²) in [6, 6.07) is 24.7. The van der Waals surface area contributed by atoms with Gasteiger partial charge >= 0.3 is 0 Å². The Labute approximate surface area is 218 Å². The van der Waals surface area contributed by atoms with Gasteiger partial charge in [-0.2, -0.15) is 0 Å². The van der Waals surface area contributed by atoms with Gasteiger partial charge in [0, 0.05) is 44.5 Å². The fraction of sp³-hybridized carbons (Fsp3) is 0.323. The Morgan fingerprint density at radius 1 is 0.838 bits per heavy atom. The van der Waals surface area contributed by atoms with Crippen LogP contribution in [0.15, 0.2) is 78.9 Å². The van der Waals surface area contributed by atoms with Gasteiger partial charge in [0.15, 0.2) is 11.5 Å². The van der Waals surface area contributed by atoms with Crippen LogP contribution in [0.4, 0.5) is 11.4 Å². The third-order valence-corrected chi connectivity index (χ3v) is 7.55. The quantitative estimate of drug-likeness (QED) is 0.483. The molecule has 0 saturated carbocycles. The van der Waals surface area contributed by atoms with Crippen LogP contribution in [0.3, 0.4) is 0 Å². The van der Waals surface area contributed by atoms with Gasteiger partial charge in [-0.05, 0) is 48.2 Å². The van der Waals surface area contributed by atoms with Gasteiger partial charge < -0.3 is 19.3 Å². The average molecular weight is 496 g/mol. The van der Waals surface area contributed by atoms with E-state index in [9.17, 15) is 4.79 Å². The lowest BCUT2D eigenvalue weighted by Gasteiger charge is -2.42. The average Bonchev–Trinajstić information content (AvgIpc) is 2.96. The molecule has 0 spiro atoms. The van der Waals surface area contributed by atoms with E-state index < -0.39 is 0 Å². The second-order valence-corrected chi connectivity index (χ2v) is 9.86. The lowest BCUT2D eigenvalue weighted by molar-refractivity contribution is -0.114. The Morgan fingerprint density at radius 3 is 2.46 bits per heavy atom. The number of rotatable bonds is 5. The maximum Gasteiger partial charge on any atom is 0.251 e. The van der Waals surface area contributed by atoms with Crippen molar-refractivity contribution >= 4 is 23.4 Å². The third kappa shape index (κ3) is 5.07. The molecule has 3 aliphatic heterocycles. The zero-order chi connectivity index (χ0) is 25.0. The van der Waals surface area contributed by atoms with Gasteiger partial charge in [-0.25, -0.2) is 0 Å². The van der Waals surface area contributed by atoms with Crippen molar-refractivity contribution in [3.8, 4) is 11.5 Å². The highest BCUT2D eigenvalue weighted by Crippen LogP contribution is 2.40. The molecular weight excluding hydrogens is 462 g/mol. The molecule has 1 fully saturated rings. The van der Waals surface area contributed by atoms with Crippen molar-refractivity contribution in [3.63, 3.8) is 0 Å². The van der Waals surface area contributed by atoms with Crippen LogP contribution in [0.2, 0.25) is 0 Å². The minimum atomic E-state index is 0.0488. The Hall–Kier alpha value is -3.77. The second kappa shape index (κ2) is 10.7. The molecule has 6 nitrogen and oxygen atoms in total. The van der Waals surface area contributed by atoms with E-state index in [0.717, 1.165) is 74.0 Å². The van der Waals surface area contributed by atoms with Crippen molar-refractivity contribution in [3.05, 3.63) is 90.0 Å². The number of benzene rings is 3. The van der Waals surface area contributed by atoms with Gasteiger partial charge in [-0.1, -0.05) is 54.6 Å². The van der Waals surface area contributed by atoms with Crippen LogP contribution < -0.4 is 19.3 Å². The highest BCUT2D eigenvalue weighted by atomic mass is 16.6. The molecule has 1 atom stereocenters. The van der Waals surface area contributed by atoms with E-state index >= 15 is 0 Å². The zero-order valence-electron chi connectivity index (χ0n) is 21.1. The summed E-state index contributed by atoms with van der Waals surface area (Å²) in [5.74, 6) is 1.76. The molecular formula is C31H33N3O3. The van der Waals surface area contributed by atoms with Crippen LogP contribution in [-0.4, -0.2) is 62.8 Å². The minimum absolute atomic E-state index is 0.0488. The van der Waals surface area contributed by atoms with Crippen LogP contribution >= 0.6 is 0 Å². The van der Waals surface area contributed by atoms with Crippen LogP contribution in [-0.2, 0) is 11.2 Å². The number of hydrogen-bond acceptors (Lipinski definition) is 5. The first-order valence-corrected chi connectivity index (χ1v) is 13.3. The molecule has 1 amide bonds. The second-order valence-electron chi connectivity index (χ2n) is 9.86. The summed E-state index contributed by atoms with van der Waals surface area (Å²) in [6.45, 7) is 5.81. The summed E-state index contributed by atoms with van der Waals surface area (Å²) in [5, 5.41) is 0. The van der Waals surface area contributed by atoms with E-state index in [1.807, 2.05) is 59.5 Å². The number of nitrogens with zero attached hydrogens (tertiary/aromatic N) is 3. The summed E-state index contributed by atoms with van der Waals surface area (Å²) in [7, 11) is 0. The standard InChI is InChI=1S/C31H33N3O3/c35-30(16-13-24-7-2-1-3-8-24)34-26(15-14-25-9-4-5-10-27(25)34)23-32-17-19-33(20-18-32)28-11-6-12-29-31(28)37-22-21-36-29/h1-13,16,26H,14-15,17-23H2/b16-13+. The van der Waals surface area contributed by atoms with Crippen molar-refractivity contribution in [2.24, 2.45) is 0 Å². The molecule has 37 heavy (non-hydrogen) atoms.